The standard InChI is InChI=1S/C6H12N2O4/c1-12-6(11)8-4(2-3-9)5(7)10/h4,9H,2-3H2,1H3,(H2,7,10)(H,8,11)/t4-/m1/s1. The van der Waals surface area contributed by atoms with Gasteiger partial charge < -0.3 is 20.9 Å². The highest BCUT2D eigenvalue weighted by molar-refractivity contribution is 5.84. The Kier molecular flexibility index (Phi) is 4.78. The largest absolute Gasteiger partial charge is 0.453 e. The third-order valence-electron chi connectivity index (χ3n) is 1.24. The number of amides is 2. The van der Waals surface area contributed by atoms with Crippen LogP contribution in [-0.4, -0.2) is 36.9 Å². The highest BCUT2D eigenvalue weighted by Crippen LogP contribution is 1.90. The molecule has 0 radical (unpaired) electrons. The van der Waals surface area contributed by atoms with E-state index in [1.165, 1.54) is 7.11 Å². The molecule has 0 bridgehead atoms. The van der Waals surface area contributed by atoms with E-state index in [1.807, 2.05) is 0 Å². The number of hydrogen-bond donors (Lipinski definition) is 3. The molecule has 0 fully saturated rings. The second-order valence-corrected chi connectivity index (χ2v) is 2.10. The molecule has 0 heterocycles. The van der Waals surface area contributed by atoms with Crippen molar-refractivity contribution in [3.05, 3.63) is 0 Å². The number of ether oxygens (including phenoxy) is 1. The maximum atomic E-state index is 10.6. The lowest BCUT2D eigenvalue weighted by Gasteiger charge is -2.12. The number of nitrogens with one attached hydrogen (secondary N) is 1. The number of aliphatic hydroxyl groups excluding tert-OH is 1. The predicted octanol–water partition coefficient (Wildman–Crippen LogP) is -1.42. The molecule has 1 atom stereocenters. The van der Waals surface area contributed by atoms with E-state index in [0.717, 1.165) is 0 Å². The van der Waals surface area contributed by atoms with E-state index in [2.05, 4.69) is 10.1 Å². The van der Waals surface area contributed by atoms with Crippen LogP contribution in [-0.2, 0) is 9.53 Å². The molecule has 0 aliphatic heterocycles. The molecule has 6 nitrogen and oxygen atoms in total. The highest BCUT2D eigenvalue weighted by atomic mass is 16.5. The molecule has 0 saturated carbocycles. The van der Waals surface area contributed by atoms with Crippen molar-refractivity contribution < 1.29 is 19.4 Å². The second-order valence-electron chi connectivity index (χ2n) is 2.10. The zero-order chi connectivity index (χ0) is 9.56. The van der Waals surface area contributed by atoms with Gasteiger partial charge in [-0.2, -0.15) is 0 Å². The summed E-state index contributed by atoms with van der Waals surface area (Å²) >= 11 is 0. The normalized spacial score (nSPS) is 11.8. The Labute approximate surface area is 69.7 Å². The second kappa shape index (κ2) is 5.36. The molecule has 0 aliphatic rings. The Morgan fingerprint density at radius 3 is 2.58 bits per heavy atom. The number of methoxy groups -OCH3 is 1. The van der Waals surface area contributed by atoms with Crippen molar-refractivity contribution in [2.45, 2.75) is 12.5 Å². The number of aliphatic hydroxyl groups is 1. The van der Waals surface area contributed by atoms with Crippen molar-refractivity contribution in [2.75, 3.05) is 13.7 Å². The van der Waals surface area contributed by atoms with Gasteiger partial charge in [-0.05, 0) is 6.42 Å². The van der Waals surface area contributed by atoms with Crippen LogP contribution in [0.5, 0.6) is 0 Å². The van der Waals surface area contributed by atoms with E-state index in [0.29, 0.717) is 0 Å². The van der Waals surface area contributed by atoms with Crippen LogP contribution in [0.15, 0.2) is 0 Å². The SMILES string of the molecule is COC(=O)N[C@H](CCO)C(N)=O. The van der Waals surface area contributed by atoms with Crippen molar-refractivity contribution in [1.82, 2.24) is 5.32 Å². The lowest BCUT2D eigenvalue weighted by molar-refractivity contribution is -0.120. The van der Waals surface area contributed by atoms with Gasteiger partial charge in [0.25, 0.3) is 0 Å². The summed E-state index contributed by atoms with van der Waals surface area (Å²) in [6.45, 7) is -0.225. The lowest BCUT2D eigenvalue weighted by atomic mass is 10.2. The van der Waals surface area contributed by atoms with Crippen molar-refractivity contribution in [3.63, 3.8) is 0 Å². The van der Waals surface area contributed by atoms with Gasteiger partial charge in [0, 0.05) is 6.61 Å². The fourth-order valence-corrected chi connectivity index (χ4v) is 0.616. The summed E-state index contributed by atoms with van der Waals surface area (Å²) in [5.74, 6) is -0.700. The van der Waals surface area contributed by atoms with Crippen LogP contribution in [0.2, 0.25) is 0 Å². The van der Waals surface area contributed by atoms with Gasteiger partial charge in [-0.25, -0.2) is 4.79 Å². The van der Waals surface area contributed by atoms with Crippen LogP contribution in [0.3, 0.4) is 0 Å². The molecule has 0 unspecified atom stereocenters. The van der Waals surface area contributed by atoms with Crippen LogP contribution >= 0.6 is 0 Å². The summed E-state index contributed by atoms with van der Waals surface area (Å²) in [7, 11) is 1.17. The minimum Gasteiger partial charge on any atom is -0.453 e. The molecule has 0 rings (SSSR count). The van der Waals surface area contributed by atoms with Crippen LogP contribution in [0, 0.1) is 0 Å². The Bertz CT molecular complexity index is 169. The van der Waals surface area contributed by atoms with Crippen LogP contribution in [0.25, 0.3) is 0 Å². The van der Waals surface area contributed by atoms with Crippen molar-refractivity contribution in [3.8, 4) is 0 Å². The number of alkyl carbamates (subject to hydrolysis) is 1. The zero-order valence-corrected chi connectivity index (χ0v) is 6.74. The Balaban J connectivity index is 3.95. The minimum atomic E-state index is -0.873. The Morgan fingerprint density at radius 1 is 1.67 bits per heavy atom. The molecule has 0 aromatic heterocycles. The average Bonchev–Trinajstić information content (AvgIpc) is 2.03. The molecule has 0 spiro atoms. The quantitative estimate of drug-likeness (QED) is 0.489. The van der Waals surface area contributed by atoms with Gasteiger partial charge in [0.2, 0.25) is 5.91 Å². The predicted molar refractivity (Wildman–Crippen MR) is 40.2 cm³/mol. The van der Waals surface area contributed by atoms with Gasteiger partial charge in [-0.3, -0.25) is 4.79 Å². The smallest absolute Gasteiger partial charge is 0.407 e. The third-order valence-corrected chi connectivity index (χ3v) is 1.24. The van der Waals surface area contributed by atoms with Crippen molar-refractivity contribution in [1.29, 1.82) is 0 Å². The van der Waals surface area contributed by atoms with E-state index in [1.54, 1.807) is 0 Å². The Hall–Kier alpha value is -1.30. The fourth-order valence-electron chi connectivity index (χ4n) is 0.616. The van der Waals surface area contributed by atoms with Gasteiger partial charge in [0.05, 0.1) is 7.11 Å². The molecule has 4 N–H and O–H groups in total. The van der Waals surface area contributed by atoms with Crippen molar-refractivity contribution in [2.24, 2.45) is 5.73 Å². The fraction of sp³-hybridized carbons (Fsp3) is 0.667. The molecule has 70 valence electrons. The number of hydrogen-bond acceptors (Lipinski definition) is 4. The molecule has 6 heteroatoms. The molecule has 0 aliphatic carbocycles. The number of nitrogens with two attached hydrogens (primary N) is 1. The topological polar surface area (TPSA) is 102 Å². The first-order valence-electron chi connectivity index (χ1n) is 3.36. The summed E-state index contributed by atoms with van der Waals surface area (Å²) in [6, 6.07) is -0.873. The van der Waals surface area contributed by atoms with E-state index in [9.17, 15) is 9.59 Å². The molecular weight excluding hydrogens is 164 g/mol. The lowest BCUT2D eigenvalue weighted by Crippen LogP contribution is -2.44. The monoisotopic (exact) mass is 176 g/mol. The van der Waals surface area contributed by atoms with Gasteiger partial charge in [0.15, 0.2) is 0 Å². The summed E-state index contributed by atoms with van der Waals surface area (Å²) in [5, 5.41) is 10.6. The molecule has 0 aromatic carbocycles. The van der Waals surface area contributed by atoms with Crippen molar-refractivity contribution >= 4 is 12.0 Å². The number of carbonyl (C=O) groups excluding carboxylic acids is 2. The minimum absolute atomic E-state index is 0.0877. The Morgan fingerprint density at radius 2 is 2.25 bits per heavy atom. The first-order chi connectivity index (χ1) is 5.61. The summed E-state index contributed by atoms with van der Waals surface area (Å²) in [5.41, 5.74) is 4.91. The van der Waals surface area contributed by atoms with E-state index < -0.39 is 18.0 Å². The summed E-state index contributed by atoms with van der Waals surface area (Å²) < 4.78 is 4.24. The first-order valence-corrected chi connectivity index (χ1v) is 3.36. The van der Waals surface area contributed by atoms with Gasteiger partial charge in [-0.1, -0.05) is 0 Å². The van der Waals surface area contributed by atoms with Crippen LogP contribution in [0.1, 0.15) is 6.42 Å². The van der Waals surface area contributed by atoms with Gasteiger partial charge in [0.1, 0.15) is 6.04 Å². The van der Waals surface area contributed by atoms with E-state index in [-0.39, 0.29) is 13.0 Å². The molecule has 12 heavy (non-hydrogen) atoms. The average molecular weight is 176 g/mol. The zero-order valence-electron chi connectivity index (χ0n) is 6.74. The number of rotatable bonds is 4. The molecule has 0 saturated heterocycles. The maximum Gasteiger partial charge on any atom is 0.407 e. The maximum absolute atomic E-state index is 10.6. The third kappa shape index (κ3) is 3.77. The number of primary amides is 1. The van der Waals surface area contributed by atoms with Crippen LogP contribution in [0.4, 0.5) is 4.79 Å². The molecular formula is C6H12N2O4. The van der Waals surface area contributed by atoms with Gasteiger partial charge >= 0.3 is 6.09 Å². The molecule has 0 aromatic rings. The molecule has 2 amide bonds. The summed E-state index contributed by atoms with van der Waals surface area (Å²) in [4.78, 5) is 21.2. The van der Waals surface area contributed by atoms with E-state index in [4.69, 9.17) is 10.8 Å². The first kappa shape index (κ1) is 10.7. The van der Waals surface area contributed by atoms with Gasteiger partial charge in [-0.15, -0.1) is 0 Å². The van der Waals surface area contributed by atoms with Crippen LogP contribution < -0.4 is 11.1 Å². The highest BCUT2D eigenvalue weighted by Gasteiger charge is 2.16. The van der Waals surface area contributed by atoms with E-state index >= 15 is 0 Å². The summed E-state index contributed by atoms with van der Waals surface area (Å²) in [6.07, 6.45) is -0.656. The number of carbonyl (C=O) groups is 2.